The van der Waals surface area contributed by atoms with E-state index in [1.165, 1.54) is 11.6 Å². The van der Waals surface area contributed by atoms with E-state index < -0.39 is 0 Å². The second-order valence-electron chi connectivity index (χ2n) is 4.82. The van der Waals surface area contributed by atoms with Gasteiger partial charge in [0.25, 0.3) is 0 Å². The first-order valence-corrected chi connectivity index (χ1v) is 6.95. The van der Waals surface area contributed by atoms with E-state index in [4.69, 9.17) is 11.6 Å². The molecule has 0 spiro atoms. The summed E-state index contributed by atoms with van der Waals surface area (Å²) >= 11 is 5.99. The number of alkyl halides is 1. The first kappa shape index (κ1) is 13.1. The van der Waals surface area contributed by atoms with Crippen LogP contribution in [0.5, 0.6) is 0 Å². The Labute approximate surface area is 121 Å². The van der Waals surface area contributed by atoms with Gasteiger partial charge in [-0.05, 0) is 43.2 Å². The first-order chi connectivity index (χ1) is 9.63. The number of nitrogens with zero attached hydrogens (tertiary/aromatic N) is 2. The molecule has 102 valence electrons. The maximum atomic E-state index is 13.9. The van der Waals surface area contributed by atoms with E-state index in [0.29, 0.717) is 11.3 Å². The Kier molecular flexibility index (Phi) is 3.22. The molecule has 3 rings (SSSR count). The monoisotopic (exact) mass is 288 g/mol. The van der Waals surface area contributed by atoms with Gasteiger partial charge in [-0.1, -0.05) is 18.2 Å². The summed E-state index contributed by atoms with van der Waals surface area (Å²) in [4.78, 5) is 4.33. The molecule has 0 N–H and O–H groups in total. The number of hydrogen-bond donors (Lipinski definition) is 0. The number of hydrogen-bond acceptors (Lipinski definition) is 1. The average Bonchev–Trinajstić information content (AvgIpc) is 2.82. The molecule has 0 saturated carbocycles. The third-order valence-electron chi connectivity index (χ3n) is 3.64. The summed E-state index contributed by atoms with van der Waals surface area (Å²) in [7, 11) is 0. The molecule has 0 bridgehead atoms. The van der Waals surface area contributed by atoms with Crippen LogP contribution in [0.4, 0.5) is 4.39 Å². The molecular weight excluding hydrogens is 275 g/mol. The molecule has 1 aromatic heterocycles. The molecule has 0 fully saturated rings. The highest BCUT2D eigenvalue weighted by Crippen LogP contribution is 2.27. The quantitative estimate of drug-likeness (QED) is 0.634. The minimum atomic E-state index is -0.321. The third-order valence-corrected chi connectivity index (χ3v) is 3.88. The minimum Gasteiger partial charge on any atom is -0.295 e. The summed E-state index contributed by atoms with van der Waals surface area (Å²) in [5.74, 6) is 0.569. The highest BCUT2D eigenvalue weighted by atomic mass is 35.5. The Hall–Kier alpha value is -1.87. The SMILES string of the molecule is Cc1cccc(-n2c(CCl)nc3c(F)cccc32)c1C. The van der Waals surface area contributed by atoms with Crippen molar-refractivity contribution in [2.75, 3.05) is 0 Å². The zero-order chi connectivity index (χ0) is 14.3. The second kappa shape index (κ2) is 4.91. The third kappa shape index (κ3) is 1.90. The highest BCUT2D eigenvalue weighted by Gasteiger charge is 2.16. The molecule has 1 heterocycles. The van der Waals surface area contributed by atoms with E-state index in [1.807, 2.05) is 29.7 Å². The molecule has 2 nitrogen and oxygen atoms in total. The molecule has 0 unspecified atom stereocenters. The van der Waals surface area contributed by atoms with Crippen LogP contribution in [0.15, 0.2) is 36.4 Å². The molecule has 0 aliphatic carbocycles. The Morgan fingerprint density at radius 3 is 2.65 bits per heavy atom. The van der Waals surface area contributed by atoms with Crippen molar-refractivity contribution in [3.63, 3.8) is 0 Å². The van der Waals surface area contributed by atoms with Gasteiger partial charge < -0.3 is 0 Å². The highest BCUT2D eigenvalue weighted by molar-refractivity contribution is 6.17. The molecule has 3 aromatic rings. The molecule has 0 saturated heterocycles. The second-order valence-corrected chi connectivity index (χ2v) is 5.09. The van der Waals surface area contributed by atoms with Crippen LogP contribution in [0.1, 0.15) is 17.0 Å². The van der Waals surface area contributed by atoms with E-state index in [2.05, 4.69) is 18.0 Å². The van der Waals surface area contributed by atoms with E-state index in [1.54, 1.807) is 6.07 Å². The summed E-state index contributed by atoms with van der Waals surface area (Å²) in [5, 5.41) is 0. The lowest BCUT2D eigenvalue weighted by Gasteiger charge is -2.12. The van der Waals surface area contributed by atoms with Crippen LogP contribution < -0.4 is 0 Å². The van der Waals surface area contributed by atoms with E-state index in [-0.39, 0.29) is 11.7 Å². The fourth-order valence-electron chi connectivity index (χ4n) is 2.45. The average molecular weight is 289 g/mol. The minimum absolute atomic E-state index is 0.238. The number of benzene rings is 2. The van der Waals surface area contributed by atoms with Gasteiger partial charge in [0.15, 0.2) is 5.82 Å². The van der Waals surface area contributed by atoms with Crippen molar-refractivity contribution < 1.29 is 4.39 Å². The van der Waals surface area contributed by atoms with Crippen molar-refractivity contribution in [3.05, 3.63) is 59.2 Å². The molecule has 20 heavy (non-hydrogen) atoms. The Morgan fingerprint density at radius 2 is 1.90 bits per heavy atom. The van der Waals surface area contributed by atoms with Crippen LogP contribution in [0.3, 0.4) is 0 Å². The van der Waals surface area contributed by atoms with Crippen molar-refractivity contribution >= 4 is 22.6 Å². The number of para-hydroxylation sites is 1. The Balaban J connectivity index is 2.41. The van der Waals surface area contributed by atoms with Crippen LogP contribution in [-0.4, -0.2) is 9.55 Å². The summed E-state index contributed by atoms with van der Waals surface area (Å²) in [6.45, 7) is 4.10. The molecule has 0 amide bonds. The van der Waals surface area contributed by atoms with Crippen molar-refractivity contribution in [1.82, 2.24) is 9.55 Å². The smallest absolute Gasteiger partial charge is 0.151 e. The van der Waals surface area contributed by atoms with Gasteiger partial charge in [-0.2, -0.15) is 0 Å². The van der Waals surface area contributed by atoms with Crippen LogP contribution in [-0.2, 0) is 5.88 Å². The summed E-state index contributed by atoms with van der Waals surface area (Å²) in [6.07, 6.45) is 0. The fraction of sp³-hybridized carbons (Fsp3) is 0.188. The fourth-order valence-corrected chi connectivity index (χ4v) is 2.63. The van der Waals surface area contributed by atoms with Gasteiger partial charge in [0.1, 0.15) is 11.3 Å². The van der Waals surface area contributed by atoms with Gasteiger partial charge in [0, 0.05) is 0 Å². The normalized spacial score (nSPS) is 11.2. The lowest BCUT2D eigenvalue weighted by atomic mass is 10.1. The van der Waals surface area contributed by atoms with E-state index >= 15 is 0 Å². The van der Waals surface area contributed by atoms with Crippen LogP contribution in [0.2, 0.25) is 0 Å². The maximum absolute atomic E-state index is 13.9. The molecule has 0 radical (unpaired) electrons. The van der Waals surface area contributed by atoms with Crippen molar-refractivity contribution in [2.24, 2.45) is 0 Å². The van der Waals surface area contributed by atoms with Crippen LogP contribution >= 0.6 is 11.6 Å². The van der Waals surface area contributed by atoms with Gasteiger partial charge in [-0.25, -0.2) is 9.37 Å². The van der Waals surface area contributed by atoms with E-state index in [9.17, 15) is 4.39 Å². The predicted octanol–water partition coefficient (Wildman–Crippen LogP) is 4.52. The number of halogens is 2. The van der Waals surface area contributed by atoms with Gasteiger partial charge in [0.05, 0.1) is 17.1 Å². The maximum Gasteiger partial charge on any atom is 0.151 e. The van der Waals surface area contributed by atoms with Crippen LogP contribution in [0, 0.1) is 19.7 Å². The Morgan fingerprint density at radius 1 is 1.15 bits per heavy atom. The molecule has 0 aliphatic rings. The number of rotatable bonds is 2. The number of aromatic nitrogens is 2. The molecule has 2 aromatic carbocycles. The van der Waals surface area contributed by atoms with Gasteiger partial charge in [-0.3, -0.25) is 4.57 Å². The zero-order valence-corrected chi connectivity index (χ0v) is 12.1. The van der Waals surface area contributed by atoms with Crippen molar-refractivity contribution in [3.8, 4) is 5.69 Å². The van der Waals surface area contributed by atoms with Crippen molar-refractivity contribution in [1.29, 1.82) is 0 Å². The Bertz CT molecular complexity index is 793. The van der Waals surface area contributed by atoms with Gasteiger partial charge in [0.2, 0.25) is 0 Å². The zero-order valence-electron chi connectivity index (χ0n) is 11.3. The number of imidazole rings is 1. The summed E-state index contributed by atoms with van der Waals surface area (Å²) in [6, 6.07) is 11.0. The van der Waals surface area contributed by atoms with Crippen LogP contribution in [0.25, 0.3) is 16.7 Å². The first-order valence-electron chi connectivity index (χ1n) is 6.42. The summed E-state index contributed by atoms with van der Waals surface area (Å²) in [5.41, 5.74) is 4.43. The standard InChI is InChI=1S/C16H14ClFN2/c1-10-5-3-7-13(11(10)2)20-14-8-4-6-12(18)16(14)19-15(20)9-17/h3-8H,9H2,1-2H3. The topological polar surface area (TPSA) is 17.8 Å². The number of fused-ring (bicyclic) bond motifs is 1. The molecular formula is C16H14ClFN2. The molecule has 0 aliphatic heterocycles. The van der Waals surface area contributed by atoms with Gasteiger partial charge in [-0.15, -0.1) is 11.6 Å². The van der Waals surface area contributed by atoms with E-state index in [0.717, 1.165) is 16.8 Å². The summed E-state index contributed by atoms with van der Waals surface area (Å²) < 4.78 is 15.8. The number of aryl methyl sites for hydroxylation is 1. The molecule has 4 heteroatoms. The van der Waals surface area contributed by atoms with Gasteiger partial charge >= 0.3 is 0 Å². The largest absolute Gasteiger partial charge is 0.295 e. The van der Waals surface area contributed by atoms with Crippen molar-refractivity contribution in [2.45, 2.75) is 19.7 Å². The predicted molar refractivity (Wildman–Crippen MR) is 80.1 cm³/mol. The lowest BCUT2D eigenvalue weighted by molar-refractivity contribution is 0.637. The lowest BCUT2D eigenvalue weighted by Crippen LogP contribution is -2.02. The molecule has 0 atom stereocenters.